The number of halogens is 1. The normalized spacial score (nSPS) is 10.8. The highest BCUT2D eigenvalue weighted by Gasteiger charge is 2.12. The van der Waals surface area contributed by atoms with Crippen molar-refractivity contribution < 1.29 is 9.30 Å². The van der Waals surface area contributed by atoms with E-state index in [4.69, 9.17) is 16.3 Å². The summed E-state index contributed by atoms with van der Waals surface area (Å²) in [7, 11) is 1.68. The predicted octanol–water partition coefficient (Wildman–Crippen LogP) is 3.90. The number of fused-ring (bicyclic) bond motifs is 1. The first-order chi connectivity index (χ1) is 9.26. The van der Waals surface area contributed by atoms with Crippen LogP contribution in [0.2, 0.25) is 5.02 Å². The molecule has 0 unspecified atom stereocenters. The molecule has 1 aromatic heterocycles. The fourth-order valence-corrected chi connectivity index (χ4v) is 3.21. The van der Waals surface area contributed by atoms with Gasteiger partial charge in [0.15, 0.2) is 6.54 Å². The topological polar surface area (TPSA) is 13.1 Å². The largest absolute Gasteiger partial charge is 0.497 e. The monoisotopic (exact) mass is 290 g/mol. The molecule has 0 atom stereocenters. The van der Waals surface area contributed by atoms with Crippen LogP contribution in [0.5, 0.6) is 5.75 Å². The van der Waals surface area contributed by atoms with Crippen molar-refractivity contribution in [1.82, 2.24) is 0 Å². The maximum atomic E-state index is 6.01. The average Bonchev–Trinajstić information content (AvgIpc) is 2.82. The molecule has 0 aliphatic rings. The zero-order valence-electron chi connectivity index (χ0n) is 10.5. The fraction of sp³-hybridized carbons (Fsp3) is 0.133. The van der Waals surface area contributed by atoms with Gasteiger partial charge in [0.2, 0.25) is 11.0 Å². The number of benzene rings is 2. The molecule has 96 valence electrons. The van der Waals surface area contributed by atoms with Gasteiger partial charge >= 0.3 is 0 Å². The second-order valence-electron chi connectivity index (χ2n) is 4.31. The molecular formula is C15H13ClNOS+. The lowest BCUT2D eigenvalue weighted by molar-refractivity contribution is -0.658. The van der Waals surface area contributed by atoms with Crippen molar-refractivity contribution in [3.8, 4) is 5.75 Å². The van der Waals surface area contributed by atoms with Crippen LogP contribution in [-0.4, -0.2) is 7.11 Å². The van der Waals surface area contributed by atoms with Crippen LogP contribution in [0.3, 0.4) is 0 Å². The Morgan fingerprint density at radius 2 is 1.95 bits per heavy atom. The molecule has 0 saturated heterocycles. The van der Waals surface area contributed by atoms with E-state index in [0.29, 0.717) is 0 Å². The third kappa shape index (κ3) is 2.57. The summed E-state index contributed by atoms with van der Waals surface area (Å²) in [4.78, 5) is 0. The molecule has 3 aromatic rings. The second-order valence-corrected chi connectivity index (χ2v) is 5.63. The van der Waals surface area contributed by atoms with Gasteiger partial charge in [0.25, 0.3) is 0 Å². The minimum atomic E-state index is 0.783. The van der Waals surface area contributed by atoms with Gasteiger partial charge in [0, 0.05) is 16.7 Å². The first-order valence-electron chi connectivity index (χ1n) is 5.95. The van der Waals surface area contributed by atoms with E-state index < -0.39 is 0 Å². The number of nitrogens with zero attached hydrogens (tertiary/aromatic N) is 1. The molecule has 0 amide bonds. The Bertz CT molecular complexity index is 706. The lowest BCUT2D eigenvalue weighted by Crippen LogP contribution is -2.31. The van der Waals surface area contributed by atoms with Gasteiger partial charge in [-0.2, -0.15) is 4.57 Å². The summed E-state index contributed by atoms with van der Waals surface area (Å²) < 4.78 is 8.61. The number of thiazole rings is 1. The number of methoxy groups -OCH3 is 1. The number of ether oxygens (including phenoxy) is 1. The average molecular weight is 291 g/mol. The maximum absolute atomic E-state index is 6.01. The number of rotatable bonds is 3. The Morgan fingerprint density at radius 1 is 1.16 bits per heavy atom. The van der Waals surface area contributed by atoms with Gasteiger partial charge in [-0.1, -0.05) is 22.9 Å². The van der Waals surface area contributed by atoms with Crippen LogP contribution in [0.15, 0.2) is 48.0 Å². The minimum absolute atomic E-state index is 0.783. The first kappa shape index (κ1) is 12.5. The van der Waals surface area contributed by atoms with Crippen LogP contribution < -0.4 is 9.30 Å². The van der Waals surface area contributed by atoms with Crippen LogP contribution in [0, 0.1) is 0 Å². The van der Waals surface area contributed by atoms with Crippen molar-refractivity contribution in [2.75, 3.05) is 7.11 Å². The SMILES string of the molecule is COc1ccc(C[n+]2csc3cc(Cl)ccc32)cc1. The highest BCUT2D eigenvalue weighted by Crippen LogP contribution is 2.21. The Kier molecular flexibility index (Phi) is 3.40. The third-order valence-corrected chi connectivity index (χ3v) is 4.23. The van der Waals surface area contributed by atoms with Crippen molar-refractivity contribution in [3.63, 3.8) is 0 Å². The molecule has 1 heterocycles. The van der Waals surface area contributed by atoms with Crippen molar-refractivity contribution in [3.05, 3.63) is 58.6 Å². The molecule has 0 radical (unpaired) electrons. The Morgan fingerprint density at radius 3 is 2.68 bits per heavy atom. The molecule has 2 aromatic carbocycles. The highest BCUT2D eigenvalue weighted by molar-refractivity contribution is 7.16. The summed E-state index contributed by atoms with van der Waals surface area (Å²) >= 11 is 7.71. The molecular weight excluding hydrogens is 278 g/mol. The quantitative estimate of drug-likeness (QED) is 0.667. The van der Waals surface area contributed by atoms with Gasteiger partial charge in [-0.3, -0.25) is 0 Å². The molecule has 0 bridgehead atoms. The Balaban J connectivity index is 1.92. The maximum Gasteiger partial charge on any atom is 0.226 e. The molecule has 3 rings (SSSR count). The van der Waals surface area contributed by atoms with Crippen LogP contribution in [0.4, 0.5) is 0 Å². The lowest BCUT2D eigenvalue weighted by atomic mass is 10.2. The zero-order valence-corrected chi connectivity index (χ0v) is 12.0. The smallest absolute Gasteiger partial charge is 0.226 e. The summed E-state index contributed by atoms with van der Waals surface area (Å²) in [6.07, 6.45) is 0. The van der Waals surface area contributed by atoms with Gasteiger partial charge < -0.3 is 4.74 Å². The minimum Gasteiger partial charge on any atom is -0.497 e. The number of hydrogen-bond donors (Lipinski definition) is 0. The van der Waals surface area contributed by atoms with Gasteiger partial charge in [-0.15, -0.1) is 0 Å². The van der Waals surface area contributed by atoms with Crippen molar-refractivity contribution in [1.29, 1.82) is 0 Å². The fourth-order valence-electron chi connectivity index (χ4n) is 2.05. The second kappa shape index (κ2) is 5.19. The Labute approximate surface area is 120 Å². The van der Waals surface area contributed by atoms with Crippen LogP contribution in [0.25, 0.3) is 10.2 Å². The van der Waals surface area contributed by atoms with Gasteiger partial charge in [0.1, 0.15) is 10.4 Å². The molecule has 0 aliphatic heterocycles. The molecule has 0 N–H and O–H groups in total. The van der Waals surface area contributed by atoms with E-state index in [0.717, 1.165) is 17.3 Å². The van der Waals surface area contributed by atoms with E-state index in [2.05, 4.69) is 28.3 Å². The van der Waals surface area contributed by atoms with Gasteiger partial charge in [-0.25, -0.2) is 0 Å². The molecule has 0 fully saturated rings. The highest BCUT2D eigenvalue weighted by atomic mass is 35.5. The van der Waals surface area contributed by atoms with Gasteiger partial charge in [-0.05, 0) is 36.4 Å². The standard InChI is InChI=1S/C15H13ClNOS/c1-18-13-5-2-11(3-6-13)9-17-10-19-15-8-12(16)4-7-14(15)17/h2-8,10H,9H2,1H3/q+1. The molecule has 4 heteroatoms. The van der Waals surface area contributed by atoms with E-state index in [1.165, 1.54) is 15.8 Å². The third-order valence-electron chi connectivity index (χ3n) is 3.05. The Hall–Kier alpha value is -1.58. The molecule has 0 spiro atoms. The van der Waals surface area contributed by atoms with E-state index in [9.17, 15) is 0 Å². The van der Waals surface area contributed by atoms with Crippen LogP contribution in [0.1, 0.15) is 5.56 Å². The number of hydrogen-bond acceptors (Lipinski definition) is 2. The van der Waals surface area contributed by atoms with Gasteiger partial charge in [0.05, 0.1) is 7.11 Å². The van der Waals surface area contributed by atoms with Crippen LogP contribution >= 0.6 is 22.9 Å². The van der Waals surface area contributed by atoms with E-state index >= 15 is 0 Å². The molecule has 0 saturated carbocycles. The predicted molar refractivity (Wildman–Crippen MR) is 79.1 cm³/mol. The number of aromatic nitrogens is 1. The van der Waals surface area contributed by atoms with E-state index in [1.54, 1.807) is 18.4 Å². The van der Waals surface area contributed by atoms with E-state index in [1.807, 2.05) is 24.3 Å². The molecule has 2 nitrogen and oxygen atoms in total. The summed E-state index contributed by atoms with van der Waals surface area (Å²) in [6.45, 7) is 0.853. The van der Waals surface area contributed by atoms with E-state index in [-0.39, 0.29) is 0 Å². The van der Waals surface area contributed by atoms with Crippen LogP contribution in [-0.2, 0) is 6.54 Å². The summed E-state index contributed by atoms with van der Waals surface area (Å²) in [5, 5.41) is 0.783. The van der Waals surface area contributed by atoms with Crippen molar-refractivity contribution >= 4 is 33.2 Å². The van der Waals surface area contributed by atoms with Crippen molar-refractivity contribution in [2.45, 2.75) is 6.54 Å². The summed E-state index contributed by atoms with van der Waals surface area (Å²) in [6, 6.07) is 14.2. The molecule has 19 heavy (non-hydrogen) atoms. The summed E-state index contributed by atoms with van der Waals surface area (Å²) in [5.41, 5.74) is 4.59. The summed E-state index contributed by atoms with van der Waals surface area (Å²) in [5.74, 6) is 0.885. The molecule has 0 aliphatic carbocycles. The first-order valence-corrected chi connectivity index (χ1v) is 7.21. The van der Waals surface area contributed by atoms with Crippen molar-refractivity contribution in [2.24, 2.45) is 0 Å². The lowest BCUT2D eigenvalue weighted by Gasteiger charge is -2.00. The zero-order chi connectivity index (χ0) is 13.2.